The number of carbonyl (C=O) groups excluding carboxylic acids is 3. The summed E-state index contributed by atoms with van der Waals surface area (Å²) in [5, 5.41) is 3.87. The van der Waals surface area contributed by atoms with Gasteiger partial charge in [-0.25, -0.2) is 4.90 Å². The molecule has 2 aromatic carbocycles. The monoisotopic (exact) mass is 423 g/mol. The molecule has 158 valence electrons. The fourth-order valence-electron chi connectivity index (χ4n) is 5.59. The first kappa shape index (κ1) is 18.9. The Labute approximate surface area is 184 Å². The van der Waals surface area contributed by atoms with Crippen molar-refractivity contribution >= 4 is 40.0 Å². The number of benzene rings is 2. The smallest absolute Gasteiger partial charge is 0.255 e. The summed E-state index contributed by atoms with van der Waals surface area (Å²) in [6.07, 6.45) is 6.77. The van der Waals surface area contributed by atoms with Gasteiger partial charge in [0.05, 0.1) is 28.7 Å². The first-order valence-electron chi connectivity index (χ1n) is 10.8. The van der Waals surface area contributed by atoms with Crippen LogP contribution in [0.2, 0.25) is 0 Å². The zero-order valence-corrected chi connectivity index (χ0v) is 17.5. The van der Waals surface area contributed by atoms with Gasteiger partial charge in [0.1, 0.15) is 0 Å². The van der Waals surface area contributed by atoms with Gasteiger partial charge in [0.2, 0.25) is 11.8 Å². The molecule has 2 bridgehead atoms. The number of carbonyl (C=O) groups is 3. The van der Waals surface area contributed by atoms with Gasteiger partial charge < -0.3 is 5.32 Å². The third kappa shape index (κ3) is 2.65. The Morgan fingerprint density at radius 3 is 2.44 bits per heavy atom. The summed E-state index contributed by atoms with van der Waals surface area (Å²) >= 11 is 0. The van der Waals surface area contributed by atoms with Gasteiger partial charge in [0.25, 0.3) is 5.91 Å². The second-order valence-electron chi connectivity index (χ2n) is 8.85. The topological polar surface area (TPSA) is 79.4 Å². The number of rotatable bonds is 3. The van der Waals surface area contributed by atoms with Gasteiger partial charge in [0, 0.05) is 17.1 Å². The minimum atomic E-state index is -0.268. The van der Waals surface area contributed by atoms with E-state index >= 15 is 0 Å². The van der Waals surface area contributed by atoms with Crippen LogP contribution in [0.25, 0.3) is 10.9 Å². The van der Waals surface area contributed by atoms with Gasteiger partial charge in [-0.2, -0.15) is 0 Å². The maximum absolute atomic E-state index is 13.1. The van der Waals surface area contributed by atoms with Crippen molar-refractivity contribution in [3.05, 3.63) is 78.0 Å². The molecule has 6 rings (SSSR count). The maximum Gasteiger partial charge on any atom is 0.255 e. The quantitative estimate of drug-likeness (QED) is 0.508. The third-order valence-electron chi connectivity index (χ3n) is 7.05. The summed E-state index contributed by atoms with van der Waals surface area (Å²) in [5.74, 6) is -0.622. The van der Waals surface area contributed by atoms with Gasteiger partial charge in [-0.15, -0.1) is 0 Å². The van der Waals surface area contributed by atoms with Gasteiger partial charge in [-0.1, -0.05) is 30.4 Å². The number of aromatic nitrogens is 1. The minimum Gasteiger partial charge on any atom is -0.320 e. The Balaban J connectivity index is 1.28. The molecule has 0 unspecified atom stereocenters. The molecule has 1 aliphatic heterocycles. The number of hydrogen-bond donors (Lipinski definition) is 1. The summed E-state index contributed by atoms with van der Waals surface area (Å²) in [7, 11) is 0. The Morgan fingerprint density at radius 2 is 1.72 bits per heavy atom. The minimum absolute atomic E-state index is 0.112. The number of para-hydroxylation sites is 1. The number of allylic oxidation sites excluding steroid dienone is 2. The van der Waals surface area contributed by atoms with Crippen LogP contribution in [0.3, 0.4) is 0 Å². The fourth-order valence-corrected chi connectivity index (χ4v) is 5.59. The first-order chi connectivity index (χ1) is 15.5. The van der Waals surface area contributed by atoms with Crippen molar-refractivity contribution in [3.63, 3.8) is 0 Å². The molecule has 6 heteroatoms. The molecule has 1 N–H and O–H groups in total. The normalized spacial score (nSPS) is 25.6. The van der Waals surface area contributed by atoms with E-state index in [2.05, 4.69) is 22.5 Å². The maximum atomic E-state index is 13.1. The molecule has 3 amide bonds. The molecule has 1 saturated heterocycles. The molecular formula is C26H21N3O3. The highest BCUT2D eigenvalue weighted by molar-refractivity contribution is 6.23. The summed E-state index contributed by atoms with van der Waals surface area (Å²) in [6.45, 7) is 1.83. The van der Waals surface area contributed by atoms with Crippen molar-refractivity contribution in [2.24, 2.45) is 23.7 Å². The molecular weight excluding hydrogens is 402 g/mol. The number of fused-ring (bicyclic) bond motifs is 6. The summed E-state index contributed by atoms with van der Waals surface area (Å²) in [6, 6.07) is 14.5. The Bertz CT molecular complexity index is 1310. The van der Waals surface area contributed by atoms with Crippen LogP contribution in [0.5, 0.6) is 0 Å². The van der Waals surface area contributed by atoms with E-state index in [1.807, 2.05) is 37.3 Å². The highest BCUT2D eigenvalue weighted by Gasteiger charge is 2.59. The molecule has 3 aliphatic rings. The van der Waals surface area contributed by atoms with E-state index < -0.39 is 0 Å². The fraction of sp³-hybridized carbons (Fsp3) is 0.231. The van der Waals surface area contributed by atoms with Gasteiger partial charge >= 0.3 is 0 Å². The van der Waals surface area contributed by atoms with Crippen molar-refractivity contribution in [2.75, 3.05) is 10.2 Å². The van der Waals surface area contributed by atoms with Crippen molar-refractivity contribution in [1.82, 2.24) is 4.98 Å². The number of nitrogens with one attached hydrogen (secondary N) is 1. The van der Waals surface area contributed by atoms with Gasteiger partial charge in [0.15, 0.2) is 0 Å². The molecule has 0 spiro atoms. The van der Waals surface area contributed by atoms with Crippen LogP contribution in [0, 0.1) is 30.6 Å². The lowest BCUT2D eigenvalue weighted by molar-refractivity contribution is -0.123. The van der Waals surface area contributed by atoms with Gasteiger partial charge in [-0.05, 0) is 61.1 Å². The van der Waals surface area contributed by atoms with Crippen molar-refractivity contribution in [1.29, 1.82) is 0 Å². The second kappa shape index (κ2) is 6.85. The molecule has 4 atom stereocenters. The molecule has 1 saturated carbocycles. The van der Waals surface area contributed by atoms with Crippen molar-refractivity contribution in [2.45, 2.75) is 13.3 Å². The molecule has 0 radical (unpaired) electrons. The Morgan fingerprint density at radius 1 is 1.00 bits per heavy atom. The van der Waals surface area contributed by atoms with Crippen LogP contribution in [0.1, 0.15) is 22.3 Å². The van der Waals surface area contributed by atoms with E-state index in [1.165, 1.54) is 4.90 Å². The predicted molar refractivity (Wildman–Crippen MR) is 121 cm³/mol. The van der Waals surface area contributed by atoms with Crippen molar-refractivity contribution < 1.29 is 14.4 Å². The standard InChI is InChI=1S/C26H21N3O3/c1-14-12-18(24(30)28-19-6-2-4-15-5-3-11-27-23(15)19)9-10-20(14)29-25(31)21-16-7-8-17(13-16)22(21)26(29)32/h2-12,16-17,21-22H,13H2,1H3,(H,28,30)/t16-,17+,21-,22+. The molecule has 1 aromatic heterocycles. The number of hydrogen-bond acceptors (Lipinski definition) is 4. The number of anilines is 2. The zero-order chi connectivity index (χ0) is 22.0. The molecule has 3 aromatic rings. The summed E-state index contributed by atoms with van der Waals surface area (Å²) < 4.78 is 0. The molecule has 2 heterocycles. The number of imide groups is 1. The first-order valence-corrected chi connectivity index (χ1v) is 10.8. The SMILES string of the molecule is Cc1cc(C(=O)Nc2cccc3cccnc23)ccc1N1C(=O)[C@@H]2[C@H](C1=O)[C@@H]1C=C[C@H]2C1. The average Bonchev–Trinajstić information content (AvgIpc) is 3.48. The molecule has 32 heavy (non-hydrogen) atoms. The van der Waals surface area contributed by atoms with E-state index in [0.29, 0.717) is 16.9 Å². The number of pyridine rings is 1. The number of amides is 3. The average molecular weight is 423 g/mol. The lowest BCUT2D eigenvalue weighted by Crippen LogP contribution is -2.33. The Kier molecular flexibility index (Phi) is 4.05. The van der Waals surface area contributed by atoms with Crippen molar-refractivity contribution in [3.8, 4) is 0 Å². The molecule has 2 fully saturated rings. The van der Waals surface area contributed by atoms with Crippen LogP contribution in [-0.4, -0.2) is 22.7 Å². The lowest BCUT2D eigenvalue weighted by Gasteiger charge is -2.20. The lowest BCUT2D eigenvalue weighted by atomic mass is 9.85. The Hall–Kier alpha value is -3.80. The molecule has 2 aliphatic carbocycles. The third-order valence-corrected chi connectivity index (χ3v) is 7.05. The predicted octanol–water partition coefficient (Wildman–Crippen LogP) is 4.11. The second-order valence-corrected chi connectivity index (χ2v) is 8.85. The van der Waals surface area contributed by atoms with Crippen LogP contribution in [0.15, 0.2) is 66.9 Å². The van der Waals surface area contributed by atoms with E-state index in [9.17, 15) is 14.4 Å². The zero-order valence-electron chi connectivity index (χ0n) is 17.5. The highest BCUT2D eigenvalue weighted by atomic mass is 16.2. The molecule has 6 nitrogen and oxygen atoms in total. The number of aryl methyl sites for hydroxylation is 1. The van der Waals surface area contributed by atoms with E-state index in [0.717, 1.165) is 22.9 Å². The highest BCUT2D eigenvalue weighted by Crippen LogP contribution is 2.53. The number of nitrogens with zero attached hydrogens (tertiary/aromatic N) is 2. The van der Waals surface area contributed by atoms with Crippen LogP contribution < -0.4 is 10.2 Å². The van der Waals surface area contributed by atoms with E-state index in [-0.39, 0.29) is 41.4 Å². The van der Waals surface area contributed by atoms with Crippen LogP contribution >= 0.6 is 0 Å². The largest absolute Gasteiger partial charge is 0.320 e. The van der Waals surface area contributed by atoms with Crippen LogP contribution in [-0.2, 0) is 9.59 Å². The van der Waals surface area contributed by atoms with E-state index in [4.69, 9.17) is 0 Å². The van der Waals surface area contributed by atoms with Crippen LogP contribution in [0.4, 0.5) is 11.4 Å². The van der Waals surface area contributed by atoms with Gasteiger partial charge in [-0.3, -0.25) is 19.4 Å². The summed E-state index contributed by atoms with van der Waals surface area (Å²) in [4.78, 5) is 44.9. The summed E-state index contributed by atoms with van der Waals surface area (Å²) in [5.41, 5.74) is 3.10. The van der Waals surface area contributed by atoms with E-state index in [1.54, 1.807) is 24.4 Å².